The summed E-state index contributed by atoms with van der Waals surface area (Å²) in [5.74, 6) is -0.838. The summed E-state index contributed by atoms with van der Waals surface area (Å²) >= 11 is 1.52. The third kappa shape index (κ3) is 3.17. The molecule has 2 aromatic rings. The summed E-state index contributed by atoms with van der Waals surface area (Å²) in [6, 6.07) is 8.12. The highest BCUT2D eigenvalue weighted by molar-refractivity contribution is 7.16. The minimum absolute atomic E-state index is 0.0531. The zero-order chi connectivity index (χ0) is 14.7. The van der Waals surface area contributed by atoms with Crippen LogP contribution in [0.25, 0.3) is 11.3 Å². The van der Waals surface area contributed by atoms with Crippen LogP contribution in [0, 0.1) is 6.92 Å². The van der Waals surface area contributed by atoms with E-state index in [0.29, 0.717) is 0 Å². The van der Waals surface area contributed by atoms with Gasteiger partial charge in [0.05, 0.1) is 12.1 Å². The maximum atomic E-state index is 10.9. The first-order chi connectivity index (χ1) is 9.51. The molecule has 5 heteroatoms. The third-order valence-electron chi connectivity index (χ3n) is 3.09. The van der Waals surface area contributed by atoms with Crippen LogP contribution in [-0.4, -0.2) is 23.1 Å². The molecule has 2 rings (SSSR count). The summed E-state index contributed by atoms with van der Waals surface area (Å²) in [4.78, 5) is 16.5. The lowest BCUT2D eigenvalue weighted by Crippen LogP contribution is -2.02. The number of benzene rings is 1. The van der Waals surface area contributed by atoms with Crippen molar-refractivity contribution < 1.29 is 9.90 Å². The zero-order valence-corrected chi connectivity index (χ0v) is 12.6. The Balaban J connectivity index is 2.46. The number of rotatable bonds is 5. The van der Waals surface area contributed by atoms with E-state index in [9.17, 15) is 4.79 Å². The first-order valence-corrected chi connectivity index (χ1v) is 7.30. The second-order valence-corrected chi connectivity index (χ2v) is 5.88. The summed E-state index contributed by atoms with van der Waals surface area (Å²) < 4.78 is 0. The topological polar surface area (TPSA) is 62.2 Å². The lowest BCUT2D eigenvalue weighted by Gasteiger charge is -2.09. The summed E-state index contributed by atoms with van der Waals surface area (Å²) in [5.41, 5.74) is 3.09. The number of carbonyl (C=O) groups is 1. The number of carboxylic acids is 1. The van der Waals surface area contributed by atoms with Gasteiger partial charge in [-0.1, -0.05) is 30.7 Å². The molecule has 1 atom stereocenters. The van der Waals surface area contributed by atoms with E-state index >= 15 is 0 Å². The number of thiazole rings is 1. The average Bonchev–Trinajstić information content (AvgIpc) is 2.82. The number of anilines is 1. The number of nitrogens with one attached hydrogen (secondary N) is 1. The number of carboxylic acid groups (broad SMARTS) is 1. The number of aliphatic carboxylic acids is 1. The van der Waals surface area contributed by atoms with Crippen LogP contribution in [0.3, 0.4) is 0 Å². The molecule has 0 aliphatic carbocycles. The Kier molecular flexibility index (Phi) is 4.39. The van der Waals surface area contributed by atoms with Crippen LogP contribution in [-0.2, 0) is 4.79 Å². The number of hydrogen-bond donors (Lipinski definition) is 2. The zero-order valence-electron chi connectivity index (χ0n) is 11.8. The molecule has 106 valence electrons. The van der Waals surface area contributed by atoms with Crippen molar-refractivity contribution in [3.63, 3.8) is 0 Å². The van der Waals surface area contributed by atoms with Crippen LogP contribution in [0.1, 0.15) is 29.7 Å². The van der Waals surface area contributed by atoms with Crippen LogP contribution in [0.2, 0.25) is 0 Å². The van der Waals surface area contributed by atoms with Gasteiger partial charge in [-0.2, -0.15) is 0 Å². The highest BCUT2D eigenvalue weighted by Crippen LogP contribution is 2.37. The van der Waals surface area contributed by atoms with Crippen molar-refractivity contribution in [2.75, 3.05) is 12.4 Å². The number of aryl methyl sites for hydroxylation is 1. The predicted octanol–water partition coefficient (Wildman–Crippen LogP) is 3.74. The highest BCUT2D eigenvalue weighted by atomic mass is 32.1. The van der Waals surface area contributed by atoms with E-state index in [1.165, 1.54) is 16.9 Å². The van der Waals surface area contributed by atoms with E-state index in [1.807, 2.05) is 39.1 Å². The van der Waals surface area contributed by atoms with E-state index in [-0.39, 0.29) is 12.3 Å². The standard InChI is InChI=1S/C15H18N2O2S/c1-9-5-4-6-11(7-9)13-14(10(2)8-12(18)19)20-15(16-3)17-13/h4-7,10H,8H2,1-3H3,(H,16,17)(H,18,19). The minimum Gasteiger partial charge on any atom is -0.481 e. The van der Waals surface area contributed by atoms with Crippen molar-refractivity contribution in [2.45, 2.75) is 26.2 Å². The normalized spacial score (nSPS) is 12.2. The highest BCUT2D eigenvalue weighted by Gasteiger charge is 2.20. The molecule has 0 saturated carbocycles. The predicted molar refractivity (Wildman–Crippen MR) is 82.5 cm³/mol. The number of hydrogen-bond acceptors (Lipinski definition) is 4. The summed E-state index contributed by atoms with van der Waals surface area (Å²) in [6.07, 6.45) is 0.115. The van der Waals surface area contributed by atoms with Crippen molar-refractivity contribution >= 4 is 22.4 Å². The Morgan fingerprint density at radius 3 is 2.85 bits per heavy atom. The first-order valence-electron chi connectivity index (χ1n) is 6.48. The largest absolute Gasteiger partial charge is 0.481 e. The summed E-state index contributed by atoms with van der Waals surface area (Å²) in [7, 11) is 1.82. The van der Waals surface area contributed by atoms with Gasteiger partial charge < -0.3 is 10.4 Å². The van der Waals surface area contributed by atoms with Gasteiger partial charge in [0, 0.05) is 23.4 Å². The molecule has 0 aliphatic rings. The van der Waals surface area contributed by atoms with Crippen molar-refractivity contribution in [2.24, 2.45) is 0 Å². The van der Waals surface area contributed by atoms with E-state index in [0.717, 1.165) is 21.3 Å². The molecule has 0 spiro atoms. The molecule has 0 aliphatic heterocycles. The fourth-order valence-electron chi connectivity index (χ4n) is 2.13. The van der Waals surface area contributed by atoms with Gasteiger partial charge in [-0.05, 0) is 13.0 Å². The molecule has 0 fully saturated rings. The molecule has 1 unspecified atom stereocenters. The molecule has 1 aromatic heterocycles. The smallest absolute Gasteiger partial charge is 0.303 e. The van der Waals surface area contributed by atoms with Gasteiger partial charge in [-0.15, -0.1) is 11.3 Å². The Labute approximate surface area is 122 Å². The van der Waals surface area contributed by atoms with Crippen LogP contribution < -0.4 is 5.32 Å². The summed E-state index contributed by atoms with van der Waals surface area (Å²) in [6.45, 7) is 3.97. The van der Waals surface area contributed by atoms with E-state index in [1.54, 1.807) is 0 Å². The minimum atomic E-state index is -0.785. The fourth-order valence-corrected chi connectivity index (χ4v) is 3.12. The molecular formula is C15H18N2O2S. The second kappa shape index (κ2) is 6.05. The van der Waals surface area contributed by atoms with Gasteiger partial charge in [0.2, 0.25) is 0 Å². The molecule has 0 saturated heterocycles. The van der Waals surface area contributed by atoms with E-state index < -0.39 is 5.97 Å². The van der Waals surface area contributed by atoms with Crippen LogP contribution in [0.5, 0.6) is 0 Å². The number of aromatic nitrogens is 1. The van der Waals surface area contributed by atoms with E-state index in [4.69, 9.17) is 5.11 Å². The SMILES string of the molecule is CNc1nc(-c2cccc(C)c2)c(C(C)CC(=O)O)s1. The Morgan fingerprint density at radius 2 is 2.25 bits per heavy atom. The van der Waals surface area contributed by atoms with Gasteiger partial charge >= 0.3 is 5.97 Å². The molecule has 1 heterocycles. The average molecular weight is 290 g/mol. The Bertz CT molecular complexity index is 622. The molecule has 1 aromatic carbocycles. The molecule has 2 N–H and O–H groups in total. The Morgan fingerprint density at radius 1 is 1.50 bits per heavy atom. The van der Waals surface area contributed by atoms with Crippen molar-refractivity contribution in [3.8, 4) is 11.3 Å². The Hall–Kier alpha value is -1.88. The maximum Gasteiger partial charge on any atom is 0.303 e. The molecule has 0 amide bonds. The lowest BCUT2D eigenvalue weighted by molar-refractivity contribution is -0.137. The van der Waals surface area contributed by atoms with Gasteiger partial charge in [0.15, 0.2) is 5.13 Å². The van der Waals surface area contributed by atoms with Gasteiger partial charge in [-0.3, -0.25) is 4.79 Å². The second-order valence-electron chi connectivity index (χ2n) is 4.85. The van der Waals surface area contributed by atoms with Crippen molar-refractivity contribution in [1.82, 2.24) is 4.98 Å². The third-order valence-corrected chi connectivity index (χ3v) is 4.39. The van der Waals surface area contributed by atoms with Crippen molar-refractivity contribution in [1.29, 1.82) is 0 Å². The molecular weight excluding hydrogens is 272 g/mol. The summed E-state index contributed by atoms with van der Waals surface area (Å²) in [5, 5.41) is 12.8. The monoisotopic (exact) mass is 290 g/mol. The van der Waals surface area contributed by atoms with E-state index in [2.05, 4.69) is 16.4 Å². The fraction of sp³-hybridized carbons (Fsp3) is 0.333. The van der Waals surface area contributed by atoms with Crippen LogP contribution in [0.15, 0.2) is 24.3 Å². The van der Waals surface area contributed by atoms with Crippen LogP contribution in [0.4, 0.5) is 5.13 Å². The number of nitrogens with zero attached hydrogens (tertiary/aromatic N) is 1. The van der Waals surface area contributed by atoms with Crippen LogP contribution >= 0.6 is 11.3 Å². The van der Waals surface area contributed by atoms with Gasteiger partial charge in [0.25, 0.3) is 0 Å². The maximum absolute atomic E-state index is 10.9. The molecule has 20 heavy (non-hydrogen) atoms. The van der Waals surface area contributed by atoms with Crippen molar-refractivity contribution in [3.05, 3.63) is 34.7 Å². The first kappa shape index (κ1) is 14.5. The molecule has 4 nitrogen and oxygen atoms in total. The quantitative estimate of drug-likeness (QED) is 0.880. The van der Waals surface area contributed by atoms with Gasteiger partial charge in [-0.25, -0.2) is 4.98 Å². The van der Waals surface area contributed by atoms with Gasteiger partial charge in [0.1, 0.15) is 0 Å². The molecule has 0 bridgehead atoms. The molecule has 0 radical (unpaired) electrons. The lowest BCUT2D eigenvalue weighted by atomic mass is 10.0.